The molecule has 0 unspecified atom stereocenters. The van der Waals surface area contributed by atoms with E-state index in [4.69, 9.17) is 9.47 Å². The molecule has 0 bridgehead atoms. The quantitative estimate of drug-likeness (QED) is 0.492. The maximum Gasteiger partial charge on any atom is 0.333 e. The second-order valence-electron chi connectivity index (χ2n) is 9.07. The average Bonchev–Trinajstić information content (AvgIpc) is 2.71. The summed E-state index contributed by atoms with van der Waals surface area (Å²) >= 11 is 0. The molecule has 3 atom stereocenters. The number of allylic oxidation sites excluding steroid dienone is 4. The first-order valence-corrected chi connectivity index (χ1v) is 10.7. The Labute approximate surface area is 184 Å². The van der Waals surface area contributed by atoms with Crippen LogP contribution in [0.5, 0.6) is 0 Å². The van der Waals surface area contributed by atoms with Gasteiger partial charge in [0.25, 0.3) is 0 Å². The summed E-state index contributed by atoms with van der Waals surface area (Å²) in [5, 5.41) is 10.6. The molecular weight excluding hydrogens is 396 g/mol. The highest BCUT2D eigenvalue weighted by molar-refractivity contribution is 6.08. The molecule has 6 heteroatoms. The summed E-state index contributed by atoms with van der Waals surface area (Å²) in [6.45, 7) is 12.9. The lowest BCUT2D eigenvalue weighted by atomic mass is 9.58. The van der Waals surface area contributed by atoms with E-state index in [1.165, 1.54) is 6.08 Å². The van der Waals surface area contributed by atoms with Crippen molar-refractivity contribution in [2.75, 3.05) is 6.61 Å². The molecule has 2 aliphatic carbocycles. The molecule has 0 heterocycles. The molecule has 31 heavy (non-hydrogen) atoms. The van der Waals surface area contributed by atoms with Crippen LogP contribution < -0.4 is 0 Å². The molecule has 0 amide bonds. The average molecular weight is 431 g/mol. The Morgan fingerprint density at radius 3 is 2.45 bits per heavy atom. The van der Waals surface area contributed by atoms with Gasteiger partial charge < -0.3 is 14.6 Å². The molecule has 2 aliphatic rings. The van der Waals surface area contributed by atoms with E-state index in [9.17, 15) is 19.5 Å². The van der Waals surface area contributed by atoms with Crippen molar-refractivity contribution in [3.63, 3.8) is 0 Å². The topological polar surface area (TPSA) is 89.9 Å². The number of esters is 2. The second-order valence-corrected chi connectivity index (χ2v) is 9.07. The van der Waals surface area contributed by atoms with Crippen LogP contribution in [0.3, 0.4) is 0 Å². The normalized spacial score (nSPS) is 27.1. The van der Waals surface area contributed by atoms with E-state index in [0.29, 0.717) is 36.0 Å². The van der Waals surface area contributed by atoms with E-state index in [-0.39, 0.29) is 30.2 Å². The molecular formula is C25H34O6. The van der Waals surface area contributed by atoms with Crippen LogP contribution >= 0.6 is 0 Å². The Morgan fingerprint density at radius 1 is 1.23 bits per heavy atom. The SMILES string of the molecule is C/C=C(/C)C(=O)OC/C(C)=C\C(=O)O[C@@H]1CCC2=C(O)C(=O)C(=C(C)C)C[C@]2(C)[C@H]1C. The number of ether oxygens (including phenoxy) is 2. The highest BCUT2D eigenvalue weighted by Gasteiger charge is 2.50. The third-order valence-corrected chi connectivity index (χ3v) is 6.67. The van der Waals surface area contributed by atoms with Crippen molar-refractivity contribution in [2.45, 2.75) is 73.8 Å². The van der Waals surface area contributed by atoms with Crippen LogP contribution in [0.25, 0.3) is 0 Å². The molecule has 0 aromatic rings. The van der Waals surface area contributed by atoms with Crippen molar-refractivity contribution >= 4 is 17.7 Å². The van der Waals surface area contributed by atoms with Crippen molar-refractivity contribution in [3.8, 4) is 0 Å². The fraction of sp³-hybridized carbons (Fsp3) is 0.560. The van der Waals surface area contributed by atoms with Crippen molar-refractivity contribution in [2.24, 2.45) is 11.3 Å². The predicted octanol–water partition coefficient (Wildman–Crippen LogP) is 4.91. The van der Waals surface area contributed by atoms with Gasteiger partial charge in [0, 0.05) is 28.6 Å². The summed E-state index contributed by atoms with van der Waals surface area (Å²) in [6, 6.07) is 0. The van der Waals surface area contributed by atoms with Crippen LogP contribution in [0.15, 0.2) is 45.8 Å². The summed E-state index contributed by atoms with van der Waals surface area (Å²) in [6.07, 6.45) is 4.26. The Kier molecular flexibility index (Phi) is 7.68. The molecule has 0 aliphatic heterocycles. The second kappa shape index (κ2) is 9.67. The van der Waals surface area contributed by atoms with Crippen molar-refractivity contribution in [1.82, 2.24) is 0 Å². The number of carbonyl (C=O) groups excluding carboxylic acids is 3. The van der Waals surface area contributed by atoms with E-state index < -0.39 is 17.4 Å². The van der Waals surface area contributed by atoms with Gasteiger partial charge in [0.05, 0.1) is 0 Å². The summed E-state index contributed by atoms with van der Waals surface area (Å²) < 4.78 is 10.9. The minimum absolute atomic E-state index is 0.0177. The molecule has 1 fully saturated rings. The van der Waals surface area contributed by atoms with Gasteiger partial charge in [-0.3, -0.25) is 4.79 Å². The van der Waals surface area contributed by atoms with E-state index in [1.807, 2.05) is 27.7 Å². The number of rotatable bonds is 5. The van der Waals surface area contributed by atoms with Crippen LogP contribution in [0.1, 0.15) is 67.7 Å². The first kappa shape index (κ1) is 24.6. The summed E-state index contributed by atoms with van der Waals surface area (Å²) in [5.74, 6) is -1.40. The maximum atomic E-state index is 12.5. The molecule has 6 nitrogen and oxygen atoms in total. The number of hydrogen-bond donors (Lipinski definition) is 1. The van der Waals surface area contributed by atoms with Gasteiger partial charge in [-0.25, -0.2) is 9.59 Å². The van der Waals surface area contributed by atoms with Crippen molar-refractivity contribution < 1.29 is 29.0 Å². The number of ketones is 1. The highest BCUT2D eigenvalue weighted by atomic mass is 16.5. The summed E-state index contributed by atoms with van der Waals surface area (Å²) in [4.78, 5) is 36.7. The Bertz CT molecular complexity index is 897. The summed E-state index contributed by atoms with van der Waals surface area (Å²) in [7, 11) is 0. The van der Waals surface area contributed by atoms with Gasteiger partial charge in [0.2, 0.25) is 5.78 Å². The number of Topliss-reactive ketones (excluding diaryl/α,β-unsaturated/α-hetero) is 1. The highest BCUT2D eigenvalue weighted by Crippen LogP contribution is 2.53. The van der Waals surface area contributed by atoms with Gasteiger partial charge >= 0.3 is 11.9 Å². The third-order valence-electron chi connectivity index (χ3n) is 6.67. The molecule has 170 valence electrons. The largest absolute Gasteiger partial charge is 0.504 e. The van der Waals surface area contributed by atoms with Crippen LogP contribution in [-0.2, 0) is 23.9 Å². The van der Waals surface area contributed by atoms with Crippen LogP contribution in [0, 0.1) is 11.3 Å². The van der Waals surface area contributed by atoms with Crippen LogP contribution in [0.4, 0.5) is 0 Å². The Balaban J connectivity index is 2.11. The van der Waals surface area contributed by atoms with Crippen molar-refractivity contribution in [1.29, 1.82) is 0 Å². The van der Waals surface area contributed by atoms with Crippen molar-refractivity contribution in [3.05, 3.63) is 45.8 Å². The number of aliphatic hydroxyl groups is 1. The molecule has 0 radical (unpaired) electrons. The minimum Gasteiger partial charge on any atom is -0.504 e. The molecule has 0 spiro atoms. The summed E-state index contributed by atoms with van der Waals surface area (Å²) in [5.41, 5.74) is 2.94. The molecule has 0 aromatic carbocycles. The van der Waals surface area contributed by atoms with Crippen LogP contribution in [-0.4, -0.2) is 35.5 Å². The number of carbonyl (C=O) groups is 3. The first-order chi connectivity index (χ1) is 14.4. The first-order valence-electron chi connectivity index (χ1n) is 10.7. The smallest absolute Gasteiger partial charge is 0.333 e. The molecule has 1 saturated carbocycles. The van der Waals surface area contributed by atoms with E-state index in [1.54, 1.807) is 26.8 Å². The van der Waals surface area contributed by atoms with Gasteiger partial charge in [0.1, 0.15) is 12.7 Å². The molecule has 2 rings (SSSR count). The Hall–Kier alpha value is -2.63. The number of fused-ring (bicyclic) bond motifs is 1. The lowest BCUT2D eigenvalue weighted by Crippen LogP contribution is -2.46. The maximum absolute atomic E-state index is 12.5. The number of hydrogen-bond acceptors (Lipinski definition) is 6. The number of aliphatic hydroxyl groups excluding tert-OH is 1. The monoisotopic (exact) mass is 430 g/mol. The van der Waals surface area contributed by atoms with E-state index in [0.717, 1.165) is 11.1 Å². The van der Waals surface area contributed by atoms with Gasteiger partial charge in [-0.05, 0) is 65.0 Å². The minimum atomic E-state index is -0.484. The van der Waals surface area contributed by atoms with Gasteiger partial charge in [0.15, 0.2) is 5.76 Å². The standard InChI is InChI=1S/C25H34O6/c1-8-16(5)24(29)30-13-15(4)11-21(26)31-20-10-9-19-23(28)22(27)18(14(2)3)12-25(19,7)17(20)6/h8,11,17,20,28H,9-10,12-13H2,1-7H3/b15-11-,16-8-/t17-,20+,25+/m0/s1. The van der Waals surface area contributed by atoms with Gasteiger partial charge in [-0.2, -0.15) is 0 Å². The van der Waals surface area contributed by atoms with Crippen LogP contribution in [0.2, 0.25) is 0 Å². The predicted molar refractivity (Wildman–Crippen MR) is 118 cm³/mol. The Morgan fingerprint density at radius 2 is 1.87 bits per heavy atom. The van der Waals surface area contributed by atoms with E-state index >= 15 is 0 Å². The fourth-order valence-electron chi connectivity index (χ4n) is 4.29. The molecule has 1 N–H and O–H groups in total. The fourth-order valence-corrected chi connectivity index (χ4v) is 4.29. The lowest BCUT2D eigenvalue weighted by molar-refractivity contribution is -0.150. The zero-order chi connectivity index (χ0) is 23.5. The zero-order valence-electron chi connectivity index (χ0n) is 19.6. The molecule has 0 saturated heterocycles. The third kappa shape index (κ3) is 5.17. The van der Waals surface area contributed by atoms with E-state index in [2.05, 4.69) is 0 Å². The lowest BCUT2D eigenvalue weighted by Gasteiger charge is -2.48. The zero-order valence-corrected chi connectivity index (χ0v) is 19.6. The molecule has 0 aromatic heterocycles. The van der Waals surface area contributed by atoms with Gasteiger partial charge in [-0.1, -0.05) is 25.5 Å². The van der Waals surface area contributed by atoms with Gasteiger partial charge in [-0.15, -0.1) is 0 Å².